The smallest absolute Gasteiger partial charge is 0.224 e. The van der Waals surface area contributed by atoms with Crippen LogP contribution in [0.3, 0.4) is 0 Å². The van der Waals surface area contributed by atoms with Crippen LogP contribution in [0.2, 0.25) is 0 Å². The third kappa shape index (κ3) is 2.05. The normalized spacial score (nSPS) is 31.4. The van der Waals surface area contributed by atoms with Gasteiger partial charge in [0.05, 0.1) is 12.0 Å². The minimum absolute atomic E-state index is 0.0828. The fourth-order valence-corrected chi connectivity index (χ4v) is 2.66. The maximum atomic E-state index is 11.8. The molecule has 0 bridgehead atoms. The molecule has 2 aliphatic heterocycles. The molecule has 1 amide bonds. The lowest BCUT2D eigenvalue weighted by Crippen LogP contribution is -2.39. The first-order chi connectivity index (χ1) is 7.61. The topological polar surface area (TPSA) is 47.3 Å². The highest BCUT2D eigenvalue weighted by atomic mass is 16.2. The molecule has 4 nitrogen and oxygen atoms in total. The van der Waals surface area contributed by atoms with Gasteiger partial charge in [-0.2, -0.15) is 5.26 Å². The lowest BCUT2D eigenvalue weighted by Gasteiger charge is -2.25. The Balaban J connectivity index is 1.95. The predicted octanol–water partition coefficient (Wildman–Crippen LogP) is 0.841. The van der Waals surface area contributed by atoms with Crippen molar-refractivity contribution in [1.82, 2.24) is 9.80 Å². The van der Waals surface area contributed by atoms with Gasteiger partial charge in [0.1, 0.15) is 0 Å². The van der Waals surface area contributed by atoms with Gasteiger partial charge in [0, 0.05) is 38.1 Å². The first-order valence-corrected chi connectivity index (χ1v) is 6.05. The Morgan fingerprint density at radius 1 is 1.44 bits per heavy atom. The van der Waals surface area contributed by atoms with Gasteiger partial charge in [-0.25, -0.2) is 0 Å². The number of nitriles is 1. The van der Waals surface area contributed by atoms with Crippen LogP contribution in [0.1, 0.15) is 26.7 Å². The molecular weight excluding hydrogens is 202 g/mol. The average Bonchev–Trinajstić information content (AvgIpc) is 2.83. The second kappa shape index (κ2) is 4.42. The minimum atomic E-state index is -0.0828. The van der Waals surface area contributed by atoms with Gasteiger partial charge in [0.15, 0.2) is 0 Å². The molecule has 0 N–H and O–H groups in total. The lowest BCUT2D eigenvalue weighted by molar-refractivity contribution is -0.129. The highest BCUT2D eigenvalue weighted by Gasteiger charge is 2.37. The molecule has 0 aromatic carbocycles. The van der Waals surface area contributed by atoms with Crippen molar-refractivity contribution in [3.05, 3.63) is 0 Å². The molecule has 0 spiro atoms. The van der Waals surface area contributed by atoms with E-state index in [4.69, 9.17) is 5.26 Å². The lowest BCUT2D eigenvalue weighted by atomic mass is 10.1. The second-order valence-corrected chi connectivity index (χ2v) is 5.11. The number of amides is 1. The molecule has 2 saturated heterocycles. The van der Waals surface area contributed by atoms with E-state index in [2.05, 4.69) is 24.8 Å². The Kier molecular flexibility index (Phi) is 3.15. The van der Waals surface area contributed by atoms with Crippen LogP contribution in [0.25, 0.3) is 0 Å². The number of carbonyl (C=O) groups is 1. The van der Waals surface area contributed by atoms with Crippen LogP contribution in [0.4, 0.5) is 0 Å². The van der Waals surface area contributed by atoms with E-state index in [-0.39, 0.29) is 11.8 Å². The number of rotatable bonds is 2. The number of hydrogen-bond donors (Lipinski definition) is 0. The zero-order valence-corrected chi connectivity index (χ0v) is 10.0. The van der Waals surface area contributed by atoms with Crippen LogP contribution in [-0.2, 0) is 4.79 Å². The fraction of sp³-hybridized carbons (Fsp3) is 0.833. The molecule has 2 aliphatic rings. The maximum Gasteiger partial charge on any atom is 0.224 e. The first-order valence-electron chi connectivity index (χ1n) is 6.05. The van der Waals surface area contributed by atoms with Crippen LogP contribution in [0.15, 0.2) is 0 Å². The third-order valence-electron chi connectivity index (χ3n) is 3.71. The van der Waals surface area contributed by atoms with Crippen LogP contribution in [0.5, 0.6) is 0 Å². The van der Waals surface area contributed by atoms with Crippen molar-refractivity contribution >= 4 is 5.91 Å². The van der Waals surface area contributed by atoms with Gasteiger partial charge < -0.3 is 4.90 Å². The largest absolute Gasteiger partial charge is 0.337 e. The highest BCUT2D eigenvalue weighted by molar-refractivity contribution is 5.79. The van der Waals surface area contributed by atoms with Gasteiger partial charge in [-0.1, -0.05) is 0 Å². The summed E-state index contributed by atoms with van der Waals surface area (Å²) in [4.78, 5) is 16.1. The van der Waals surface area contributed by atoms with E-state index in [1.807, 2.05) is 4.90 Å². The SMILES string of the molecule is CC(C)N1CCC(N2CC(C#N)CC2=O)C1. The third-order valence-corrected chi connectivity index (χ3v) is 3.71. The van der Waals surface area contributed by atoms with E-state index in [1.165, 1.54) is 0 Å². The molecule has 2 heterocycles. The summed E-state index contributed by atoms with van der Waals surface area (Å²) in [7, 11) is 0. The molecular formula is C12H19N3O. The summed E-state index contributed by atoms with van der Waals surface area (Å²) in [5, 5.41) is 8.85. The monoisotopic (exact) mass is 221 g/mol. The number of carbonyl (C=O) groups excluding carboxylic acids is 1. The van der Waals surface area contributed by atoms with Gasteiger partial charge in [-0.15, -0.1) is 0 Å². The summed E-state index contributed by atoms with van der Waals surface area (Å²) in [5.74, 6) is 0.0859. The molecule has 2 rings (SSSR count). The molecule has 0 aromatic rings. The Morgan fingerprint density at radius 2 is 2.19 bits per heavy atom. The fourth-order valence-electron chi connectivity index (χ4n) is 2.66. The number of likely N-dealkylation sites (tertiary alicyclic amines) is 2. The van der Waals surface area contributed by atoms with E-state index < -0.39 is 0 Å². The number of nitrogens with zero attached hydrogens (tertiary/aromatic N) is 3. The quantitative estimate of drug-likeness (QED) is 0.694. The molecule has 2 unspecified atom stereocenters. The van der Waals surface area contributed by atoms with Crippen LogP contribution in [-0.4, -0.2) is 47.4 Å². The van der Waals surface area contributed by atoms with Gasteiger partial charge in [0.25, 0.3) is 0 Å². The van der Waals surface area contributed by atoms with E-state index in [1.54, 1.807) is 0 Å². The summed E-state index contributed by atoms with van der Waals surface area (Å²) < 4.78 is 0. The standard InChI is InChI=1S/C12H19N3O/c1-9(2)14-4-3-11(8-14)15-7-10(6-13)5-12(15)16/h9-11H,3-5,7-8H2,1-2H3. The highest BCUT2D eigenvalue weighted by Crippen LogP contribution is 2.25. The summed E-state index contributed by atoms with van der Waals surface area (Å²) >= 11 is 0. The van der Waals surface area contributed by atoms with Gasteiger partial charge >= 0.3 is 0 Å². The van der Waals surface area contributed by atoms with Crippen molar-refractivity contribution in [3.8, 4) is 6.07 Å². The van der Waals surface area contributed by atoms with Gasteiger partial charge in [0.2, 0.25) is 5.91 Å². The van der Waals surface area contributed by atoms with Crippen LogP contribution in [0, 0.1) is 17.2 Å². The van der Waals surface area contributed by atoms with Crippen molar-refractivity contribution < 1.29 is 4.79 Å². The molecule has 88 valence electrons. The molecule has 0 aromatic heterocycles. The Hall–Kier alpha value is -1.08. The maximum absolute atomic E-state index is 11.8. The molecule has 0 aliphatic carbocycles. The molecule has 0 saturated carbocycles. The van der Waals surface area contributed by atoms with Crippen molar-refractivity contribution in [3.63, 3.8) is 0 Å². The van der Waals surface area contributed by atoms with Crippen molar-refractivity contribution in [2.75, 3.05) is 19.6 Å². The van der Waals surface area contributed by atoms with E-state index in [9.17, 15) is 4.79 Å². The van der Waals surface area contributed by atoms with Crippen LogP contribution >= 0.6 is 0 Å². The Labute approximate surface area is 96.8 Å². The first kappa shape index (κ1) is 11.4. The zero-order valence-electron chi connectivity index (χ0n) is 10.0. The van der Waals surface area contributed by atoms with Crippen molar-refractivity contribution in [2.45, 2.75) is 38.8 Å². The van der Waals surface area contributed by atoms with Crippen molar-refractivity contribution in [1.29, 1.82) is 5.26 Å². The summed E-state index contributed by atoms with van der Waals surface area (Å²) in [6.45, 7) is 7.06. The van der Waals surface area contributed by atoms with Crippen molar-refractivity contribution in [2.24, 2.45) is 5.92 Å². The molecule has 2 fully saturated rings. The predicted molar refractivity (Wildman–Crippen MR) is 60.5 cm³/mol. The zero-order chi connectivity index (χ0) is 11.7. The molecule has 4 heteroatoms. The van der Waals surface area contributed by atoms with Gasteiger partial charge in [-0.05, 0) is 20.3 Å². The number of hydrogen-bond acceptors (Lipinski definition) is 3. The van der Waals surface area contributed by atoms with Crippen LogP contribution < -0.4 is 0 Å². The summed E-state index contributed by atoms with van der Waals surface area (Å²) in [6.07, 6.45) is 1.48. The Bertz CT molecular complexity index is 321. The summed E-state index contributed by atoms with van der Waals surface area (Å²) in [5.41, 5.74) is 0. The van der Waals surface area contributed by atoms with E-state index in [0.717, 1.165) is 19.5 Å². The molecule has 0 radical (unpaired) electrons. The minimum Gasteiger partial charge on any atom is -0.337 e. The summed E-state index contributed by atoms with van der Waals surface area (Å²) in [6, 6.07) is 3.10. The van der Waals surface area contributed by atoms with Gasteiger partial charge in [-0.3, -0.25) is 9.69 Å². The van der Waals surface area contributed by atoms with E-state index >= 15 is 0 Å². The average molecular weight is 221 g/mol. The molecule has 16 heavy (non-hydrogen) atoms. The Morgan fingerprint density at radius 3 is 2.69 bits per heavy atom. The van der Waals surface area contributed by atoms with E-state index in [0.29, 0.717) is 25.0 Å². The second-order valence-electron chi connectivity index (χ2n) is 5.11. The molecule has 2 atom stereocenters.